The molecule has 1 amide bonds. The first-order valence-electron chi connectivity index (χ1n) is 7.30. The fraction of sp³-hybridized carbons (Fsp3) is 0.235. The van der Waals surface area contributed by atoms with Crippen LogP contribution in [0, 0.1) is 11.6 Å². The molecule has 0 aliphatic carbocycles. The van der Waals surface area contributed by atoms with Crippen molar-refractivity contribution in [3.05, 3.63) is 64.7 Å². The monoisotopic (exact) mass is 336 g/mol. The standard InChI is InChI=1S/C17H15ClF2N2O/c18-12-4-6-13(7-5-12)21-8-10-22(11-9-21)17(23)16-14(19)2-1-3-15(16)20/h1-7H,8-11H2. The Bertz CT molecular complexity index is 693. The van der Waals surface area contributed by atoms with E-state index in [1.54, 1.807) is 0 Å². The van der Waals surface area contributed by atoms with Crippen molar-refractivity contribution >= 4 is 23.2 Å². The van der Waals surface area contributed by atoms with E-state index in [0.29, 0.717) is 31.2 Å². The molecule has 0 unspecified atom stereocenters. The largest absolute Gasteiger partial charge is 0.368 e. The number of carbonyl (C=O) groups is 1. The van der Waals surface area contributed by atoms with Gasteiger partial charge in [-0.05, 0) is 36.4 Å². The highest BCUT2D eigenvalue weighted by Gasteiger charge is 2.26. The Morgan fingerprint density at radius 1 is 0.913 bits per heavy atom. The molecule has 6 heteroatoms. The third-order valence-corrected chi connectivity index (χ3v) is 4.19. The molecule has 23 heavy (non-hydrogen) atoms. The van der Waals surface area contributed by atoms with E-state index < -0.39 is 23.1 Å². The topological polar surface area (TPSA) is 23.6 Å². The molecule has 0 bridgehead atoms. The maximum absolute atomic E-state index is 13.7. The molecule has 1 aliphatic rings. The number of hydrogen-bond acceptors (Lipinski definition) is 2. The molecule has 3 nitrogen and oxygen atoms in total. The zero-order chi connectivity index (χ0) is 16.4. The molecule has 0 saturated carbocycles. The van der Waals surface area contributed by atoms with Crippen LogP contribution in [0.3, 0.4) is 0 Å². The molecule has 0 N–H and O–H groups in total. The highest BCUT2D eigenvalue weighted by molar-refractivity contribution is 6.30. The van der Waals surface area contributed by atoms with Crippen molar-refractivity contribution in [1.29, 1.82) is 0 Å². The number of piperazine rings is 1. The van der Waals surface area contributed by atoms with Crippen LogP contribution >= 0.6 is 11.6 Å². The average Bonchev–Trinajstić information content (AvgIpc) is 2.55. The van der Waals surface area contributed by atoms with E-state index in [1.165, 1.54) is 11.0 Å². The van der Waals surface area contributed by atoms with Gasteiger partial charge in [0.15, 0.2) is 0 Å². The number of carbonyl (C=O) groups excluding carboxylic acids is 1. The fourth-order valence-electron chi connectivity index (χ4n) is 2.68. The van der Waals surface area contributed by atoms with Crippen molar-refractivity contribution in [1.82, 2.24) is 4.90 Å². The molecule has 0 atom stereocenters. The van der Waals surface area contributed by atoms with Gasteiger partial charge in [0.05, 0.1) is 0 Å². The highest BCUT2D eigenvalue weighted by atomic mass is 35.5. The maximum Gasteiger partial charge on any atom is 0.259 e. The van der Waals surface area contributed by atoms with Crippen LogP contribution in [0.5, 0.6) is 0 Å². The van der Waals surface area contributed by atoms with Crippen molar-refractivity contribution in [2.75, 3.05) is 31.1 Å². The van der Waals surface area contributed by atoms with Crippen molar-refractivity contribution in [3.63, 3.8) is 0 Å². The lowest BCUT2D eigenvalue weighted by atomic mass is 10.1. The van der Waals surface area contributed by atoms with E-state index in [-0.39, 0.29) is 0 Å². The summed E-state index contributed by atoms with van der Waals surface area (Å²) in [4.78, 5) is 15.9. The van der Waals surface area contributed by atoms with E-state index >= 15 is 0 Å². The van der Waals surface area contributed by atoms with Crippen LogP contribution in [0.4, 0.5) is 14.5 Å². The summed E-state index contributed by atoms with van der Waals surface area (Å²) >= 11 is 5.87. The zero-order valence-electron chi connectivity index (χ0n) is 12.3. The first-order valence-corrected chi connectivity index (χ1v) is 7.68. The molecule has 0 radical (unpaired) electrons. The van der Waals surface area contributed by atoms with E-state index in [2.05, 4.69) is 4.90 Å². The number of amides is 1. The Kier molecular flexibility index (Phi) is 4.48. The summed E-state index contributed by atoms with van der Waals surface area (Å²) < 4.78 is 27.4. The van der Waals surface area contributed by atoms with E-state index in [9.17, 15) is 13.6 Å². The predicted octanol–water partition coefficient (Wildman–Crippen LogP) is 3.58. The van der Waals surface area contributed by atoms with E-state index in [4.69, 9.17) is 11.6 Å². The van der Waals surface area contributed by atoms with E-state index in [1.807, 2.05) is 24.3 Å². The van der Waals surface area contributed by atoms with Gasteiger partial charge in [0, 0.05) is 36.9 Å². The van der Waals surface area contributed by atoms with Gasteiger partial charge in [-0.3, -0.25) is 4.79 Å². The number of anilines is 1. The Labute approximate surface area is 138 Å². The van der Waals surface area contributed by atoms with Gasteiger partial charge in [0.25, 0.3) is 5.91 Å². The number of benzene rings is 2. The van der Waals surface area contributed by atoms with Crippen molar-refractivity contribution < 1.29 is 13.6 Å². The Balaban J connectivity index is 1.69. The SMILES string of the molecule is O=C(c1c(F)cccc1F)N1CCN(c2ccc(Cl)cc2)CC1. The molecule has 1 heterocycles. The van der Waals surface area contributed by atoms with Gasteiger partial charge in [0.1, 0.15) is 17.2 Å². The summed E-state index contributed by atoms with van der Waals surface area (Å²) in [7, 11) is 0. The normalized spacial score (nSPS) is 14.9. The molecule has 2 aromatic carbocycles. The van der Waals surface area contributed by atoms with E-state index in [0.717, 1.165) is 17.8 Å². The van der Waals surface area contributed by atoms with Gasteiger partial charge >= 0.3 is 0 Å². The Hall–Kier alpha value is -2.14. The minimum absolute atomic E-state index is 0.412. The molecular formula is C17H15ClF2N2O. The lowest BCUT2D eigenvalue weighted by Gasteiger charge is -2.36. The van der Waals surface area contributed by atoms with Crippen molar-refractivity contribution in [3.8, 4) is 0 Å². The molecule has 1 saturated heterocycles. The molecule has 1 aliphatic heterocycles. The molecule has 3 rings (SSSR count). The molecular weight excluding hydrogens is 322 g/mol. The van der Waals surface area contributed by atoms with Crippen LogP contribution in [-0.4, -0.2) is 37.0 Å². The number of nitrogens with zero attached hydrogens (tertiary/aromatic N) is 2. The van der Waals surface area contributed by atoms with Crippen molar-refractivity contribution in [2.24, 2.45) is 0 Å². The minimum atomic E-state index is -0.824. The minimum Gasteiger partial charge on any atom is -0.368 e. The number of halogens is 3. The first kappa shape index (κ1) is 15.7. The van der Waals surface area contributed by atoms with Gasteiger partial charge < -0.3 is 9.80 Å². The van der Waals surface area contributed by atoms with Crippen molar-refractivity contribution in [2.45, 2.75) is 0 Å². The fourth-order valence-corrected chi connectivity index (χ4v) is 2.81. The van der Waals surface area contributed by atoms with Gasteiger partial charge in [-0.1, -0.05) is 17.7 Å². The summed E-state index contributed by atoms with van der Waals surface area (Å²) in [6, 6.07) is 10.9. The number of rotatable bonds is 2. The van der Waals surface area contributed by atoms with Crippen LogP contribution in [0.2, 0.25) is 5.02 Å². The van der Waals surface area contributed by atoms with Crippen LogP contribution in [-0.2, 0) is 0 Å². The summed E-state index contributed by atoms with van der Waals surface area (Å²) in [5, 5.41) is 0.664. The Morgan fingerprint density at radius 3 is 2.04 bits per heavy atom. The van der Waals surface area contributed by atoms with Crippen LogP contribution in [0.15, 0.2) is 42.5 Å². The molecule has 120 valence electrons. The van der Waals surface area contributed by atoms with Gasteiger partial charge in [-0.2, -0.15) is 0 Å². The third kappa shape index (κ3) is 3.29. The summed E-state index contributed by atoms with van der Waals surface area (Å²) in [5.41, 5.74) is 0.533. The van der Waals surface area contributed by atoms with Crippen LogP contribution < -0.4 is 4.90 Å². The first-order chi connectivity index (χ1) is 11.1. The van der Waals surface area contributed by atoms with Crippen LogP contribution in [0.1, 0.15) is 10.4 Å². The van der Waals surface area contributed by atoms with Crippen LogP contribution in [0.25, 0.3) is 0 Å². The van der Waals surface area contributed by atoms with Gasteiger partial charge in [0.2, 0.25) is 0 Å². The molecule has 0 aromatic heterocycles. The maximum atomic E-state index is 13.7. The second-order valence-corrected chi connectivity index (χ2v) is 5.79. The second-order valence-electron chi connectivity index (χ2n) is 5.35. The molecule has 0 spiro atoms. The summed E-state index contributed by atoms with van der Waals surface area (Å²) in [5.74, 6) is -2.25. The number of hydrogen-bond donors (Lipinski definition) is 0. The second kappa shape index (κ2) is 6.54. The molecule has 1 fully saturated rings. The lowest BCUT2D eigenvalue weighted by Crippen LogP contribution is -2.49. The summed E-state index contributed by atoms with van der Waals surface area (Å²) in [6.45, 7) is 2.03. The van der Waals surface area contributed by atoms with Gasteiger partial charge in [-0.25, -0.2) is 8.78 Å². The predicted molar refractivity (Wildman–Crippen MR) is 85.9 cm³/mol. The summed E-state index contributed by atoms with van der Waals surface area (Å²) in [6.07, 6.45) is 0. The zero-order valence-corrected chi connectivity index (χ0v) is 13.1. The lowest BCUT2D eigenvalue weighted by molar-refractivity contribution is 0.0737. The quantitative estimate of drug-likeness (QED) is 0.837. The smallest absolute Gasteiger partial charge is 0.259 e. The molecule has 2 aromatic rings. The highest BCUT2D eigenvalue weighted by Crippen LogP contribution is 2.21. The Morgan fingerprint density at radius 2 is 1.48 bits per heavy atom. The third-order valence-electron chi connectivity index (χ3n) is 3.94. The average molecular weight is 337 g/mol. The van der Waals surface area contributed by atoms with Gasteiger partial charge in [-0.15, -0.1) is 0 Å².